The number of nitrogens with one attached hydrogen (secondary N) is 2. The van der Waals surface area contributed by atoms with Gasteiger partial charge in [0.1, 0.15) is 12.2 Å². The first kappa shape index (κ1) is 14.0. The number of aromatic nitrogens is 3. The lowest BCUT2D eigenvalue weighted by molar-refractivity contribution is -0.118. The summed E-state index contributed by atoms with van der Waals surface area (Å²) < 4.78 is 4.89. The van der Waals surface area contributed by atoms with E-state index in [2.05, 4.69) is 20.5 Å². The number of nitrogens with zero attached hydrogens (tertiary/aromatic N) is 2. The molecule has 0 saturated heterocycles. The molecular formula is C10H18N4O2S. The summed E-state index contributed by atoms with van der Waals surface area (Å²) in [5.74, 6) is 2.27. The quantitative estimate of drug-likeness (QED) is 0.620. The third-order valence-corrected chi connectivity index (χ3v) is 2.96. The summed E-state index contributed by atoms with van der Waals surface area (Å²) in [5.41, 5.74) is 0. The highest BCUT2D eigenvalue weighted by Crippen LogP contribution is 1.98. The molecule has 7 heteroatoms. The van der Waals surface area contributed by atoms with Crippen LogP contribution in [0, 0.1) is 0 Å². The second-order valence-corrected chi connectivity index (χ2v) is 4.54. The van der Waals surface area contributed by atoms with Crippen molar-refractivity contribution in [2.75, 3.05) is 31.8 Å². The van der Waals surface area contributed by atoms with Gasteiger partial charge in [-0.25, -0.2) is 4.98 Å². The van der Waals surface area contributed by atoms with Crippen LogP contribution in [0.25, 0.3) is 0 Å². The molecular weight excluding hydrogens is 240 g/mol. The highest BCUT2D eigenvalue weighted by molar-refractivity contribution is 7.99. The van der Waals surface area contributed by atoms with Crippen molar-refractivity contribution in [3.05, 3.63) is 12.2 Å². The summed E-state index contributed by atoms with van der Waals surface area (Å²) >= 11 is 1.58. The summed E-state index contributed by atoms with van der Waals surface area (Å²) in [6.07, 6.45) is 3.15. The van der Waals surface area contributed by atoms with E-state index >= 15 is 0 Å². The van der Waals surface area contributed by atoms with Crippen LogP contribution < -0.4 is 5.32 Å². The summed E-state index contributed by atoms with van der Waals surface area (Å²) in [5, 5.41) is 9.40. The van der Waals surface area contributed by atoms with Gasteiger partial charge >= 0.3 is 0 Å². The largest absolute Gasteiger partial charge is 0.384 e. The van der Waals surface area contributed by atoms with Gasteiger partial charge in [0.2, 0.25) is 5.91 Å². The van der Waals surface area contributed by atoms with Gasteiger partial charge in [0.05, 0.1) is 12.4 Å². The monoisotopic (exact) mass is 258 g/mol. The average Bonchev–Trinajstić information content (AvgIpc) is 2.83. The van der Waals surface area contributed by atoms with E-state index in [4.69, 9.17) is 4.74 Å². The van der Waals surface area contributed by atoms with Gasteiger partial charge in [-0.15, -0.1) is 11.8 Å². The first-order chi connectivity index (χ1) is 8.33. The van der Waals surface area contributed by atoms with Gasteiger partial charge in [-0.05, 0) is 6.42 Å². The van der Waals surface area contributed by atoms with Crippen LogP contribution in [0.15, 0.2) is 6.33 Å². The Balaban J connectivity index is 1.93. The molecule has 0 atom stereocenters. The molecule has 0 bridgehead atoms. The smallest absolute Gasteiger partial charge is 0.229 e. The summed E-state index contributed by atoms with van der Waals surface area (Å²) in [4.78, 5) is 15.4. The molecule has 0 radical (unpaired) electrons. The molecule has 0 spiro atoms. The van der Waals surface area contributed by atoms with Crippen molar-refractivity contribution in [3.8, 4) is 0 Å². The van der Waals surface area contributed by atoms with Gasteiger partial charge in [0, 0.05) is 25.8 Å². The predicted molar refractivity (Wildman–Crippen MR) is 66.9 cm³/mol. The van der Waals surface area contributed by atoms with Crippen LogP contribution in [-0.4, -0.2) is 52.9 Å². The molecule has 0 aliphatic heterocycles. The first-order valence-corrected chi connectivity index (χ1v) is 6.66. The molecule has 2 N–H and O–H groups in total. The van der Waals surface area contributed by atoms with Crippen LogP contribution in [0.3, 0.4) is 0 Å². The molecule has 0 saturated carbocycles. The standard InChI is InChI=1S/C10H18N4O2S/c1-16-5-6-17-7-10(15)11-4-2-3-9-12-8-13-14-9/h8H,2-7H2,1H3,(H,11,15)(H,12,13,14). The molecule has 1 rings (SSSR count). The highest BCUT2D eigenvalue weighted by atomic mass is 32.2. The molecule has 1 heterocycles. The second-order valence-electron chi connectivity index (χ2n) is 3.43. The Morgan fingerprint density at radius 1 is 1.65 bits per heavy atom. The van der Waals surface area contributed by atoms with Crippen LogP contribution in [-0.2, 0) is 16.0 Å². The maximum atomic E-state index is 11.4. The van der Waals surface area contributed by atoms with Crippen LogP contribution in [0.4, 0.5) is 0 Å². The van der Waals surface area contributed by atoms with E-state index in [1.54, 1.807) is 18.9 Å². The number of hydrogen-bond acceptors (Lipinski definition) is 5. The van der Waals surface area contributed by atoms with Crippen molar-refractivity contribution in [2.24, 2.45) is 0 Å². The highest BCUT2D eigenvalue weighted by Gasteiger charge is 2.01. The normalized spacial score (nSPS) is 10.4. The van der Waals surface area contributed by atoms with E-state index < -0.39 is 0 Å². The Morgan fingerprint density at radius 2 is 2.53 bits per heavy atom. The molecule has 1 amide bonds. The Kier molecular flexibility index (Phi) is 7.40. The van der Waals surface area contributed by atoms with Gasteiger partial charge in [-0.2, -0.15) is 5.10 Å². The van der Waals surface area contributed by atoms with E-state index in [1.807, 2.05) is 0 Å². The van der Waals surface area contributed by atoms with Crippen LogP contribution >= 0.6 is 11.8 Å². The maximum absolute atomic E-state index is 11.4. The number of thioether (sulfide) groups is 1. The number of hydrogen-bond donors (Lipinski definition) is 2. The zero-order valence-corrected chi connectivity index (χ0v) is 10.8. The number of rotatable bonds is 9. The van der Waals surface area contributed by atoms with Crippen molar-refractivity contribution in [2.45, 2.75) is 12.8 Å². The maximum Gasteiger partial charge on any atom is 0.229 e. The minimum atomic E-state index is 0.0728. The fraction of sp³-hybridized carbons (Fsp3) is 0.700. The minimum Gasteiger partial charge on any atom is -0.384 e. The Hall–Kier alpha value is -1.08. The number of carbonyl (C=O) groups excluding carboxylic acids is 1. The molecule has 1 aromatic heterocycles. The molecule has 0 aliphatic carbocycles. The molecule has 0 aromatic carbocycles. The SMILES string of the molecule is COCCSCC(=O)NCCCc1ncn[nH]1. The summed E-state index contributed by atoms with van der Waals surface area (Å²) in [6.45, 7) is 1.35. The van der Waals surface area contributed by atoms with Crippen molar-refractivity contribution in [1.82, 2.24) is 20.5 Å². The third-order valence-electron chi connectivity index (χ3n) is 2.04. The van der Waals surface area contributed by atoms with Crippen LogP contribution in [0.2, 0.25) is 0 Å². The fourth-order valence-corrected chi connectivity index (χ4v) is 1.91. The Bertz CT molecular complexity index is 305. The molecule has 96 valence electrons. The van der Waals surface area contributed by atoms with Gasteiger partial charge in [0.25, 0.3) is 0 Å². The topological polar surface area (TPSA) is 79.9 Å². The molecule has 0 fully saturated rings. The van der Waals surface area contributed by atoms with Crippen molar-refractivity contribution in [1.29, 1.82) is 0 Å². The lowest BCUT2D eigenvalue weighted by Gasteiger charge is -2.04. The van der Waals surface area contributed by atoms with Crippen molar-refractivity contribution < 1.29 is 9.53 Å². The molecule has 1 aromatic rings. The lowest BCUT2D eigenvalue weighted by atomic mass is 10.3. The number of H-pyrrole nitrogens is 1. The zero-order valence-electron chi connectivity index (χ0n) is 9.94. The van der Waals surface area contributed by atoms with Crippen molar-refractivity contribution in [3.63, 3.8) is 0 Å². The van der Waals surface area contributed by atoms with Gasteiger partial charge in [-0.1, -0.05) is 0 Å². The number of ether oxygens (including phenoxy) is 1. The molecule has 6 nitrogen and oxygen atoms in total. The fourth-order valence-electron chi connectivity index (χ4n) is 1.19. The van der Waals surface area contributed by atoms with E-state index in [9.17, 15) is 4.79 Å². The van der Waals surface area contributed by atoms with Crippen LogP contribution in [0.1, 0.15) is 12.2 Å². The van der Waals surface area contributed by atoms with E-state index in [0.29, 0.717) is 18.9 Å². The molecule has 0 aliphatic rings. The van der Waals surface area contributed by atoms with Gasteiger partial charge in [-0.3, -0.25) is 9.89 Å². The van der Waals surface area contributed by atoms with E-state index in [0.717, 1.165) is 24.4 Å². The number of amides is 1. The van der Waals surface area contributed by atoms with E-state index in [1.165, 1.54) is 6.33 Å². The predicted octanol–water partition coefficient (Wildman–Crippen LogP) is 0.233. The summed E-state index contributed by atoms with van der Waals surface area (Å²) in [7, 11) is 1.66. The zero-order chi connectivity index (χ0) is 12.3. The lowest BCUT2D eigenvalue weighted by Crippen LogP contribution is -2.26. The number of aryl methyl sites for hydroxylation is 1. The number of aromatic amines is 1. The third kappa shape index (κ3) is 6.96. The first-order valence-electron chi connectivity index (χ1n) is 5.50. The summed E-state index contributed by atoms with van der Waals surface area (Å²) in [6, 6.07) is 0. The molecule has 0 unspecified atom stereocenters. The average molecular weight is 258 g/mol. The van der Waals surface area contributed by atoms with Crippen molar-refractivity contribution >= 4 is 17.7 Å². The van der Waals surface area contributed by atoms with Gasteiger partial charge < -0.3 is 10.1 Å². The molecule has 17 heavy (non-hydrogen) atoms. The van der Waals surface area contributed by atoms with Gasteiger partial charge in [0.15, 0.2) is 0 Å². The van der Waals surface area contributed by atoms with Crippen LogP contribution in [0.5, 0.6) is 0 Å². The number of methoxy groups -OCH3 is 1. The Labute approximate surface area is 105 Å². The van der Waals surface area contributed by atoms with E-state index in [-0.39, 0.29) is 5.91 Å². The second kappa shape index (κ2) is 9.00. The number of carbonyl (C=O) groups is 1. The minimum absolute atomic E-state index is 0.0728. The Morgan fingerprint density at radius 3 is 3.24 bits per heavy atom.